The Morgan fingerprint density at radius 3 is 2.61 bits per heavy atom. The van der Waals surface area contributed by atoms with Crippen molar-refractivity contribution in [1.82, 2.24) is 0 Å². The number of carbonyl (C=O) groups is 1. The van der Waals surface area contributed by atoms with Crippen LogP contribution in [0.3, 0.4) is 0 Å². The summed E-state index contributed by atoms with van der Waals surface area (Å²) in [5.41, 5.74) is 0.348. The normalized spacial score (nSPS) is 18.0. The van der Waals surface area contributed by atoms with Gasteiger partial charge in [0.2, 0.25) is 0 Å². The van der Waals surface area contributed by atoms with Gasteiger partial charge in [-0.05, 0) is 44.4 Å². The van der Waals surface area contributed by atoms with Crippen molar-refractivity contribution in [1.29, 1.82) is 0 Å². The Balaban J connectivity index is 2.08. The van der Waals surface area contributed by atoms with Crippen LogP contribution < -0.4 is 0 Å². The van der Waals surface area contributed by atoms with Crippen LogP contribution in [0.25, 0.3) is 0 Å². The van der Waals surface area contributed by atoms with Crippen LogP contribution in [0.15, 0.2) is 54.0 Å². The van der Waals surface area contributed by atoms with Crippen molar-refractivity contribution in [2.45, 2.75) is 52.6 Å². The van der Waals surface area contributed by atoms with Gasteiger partial charge in [0.15, 0.2) is 0 Å². The van der Waals surface area contributed by atoms with E-state index in [9.17, 15) is 4.79 Å². The van der Waals surface area contributed by atoms with Crippen molar-refractivity contribution in [2.75, 3.05) is 0 Å². The number of benzene rings is 1. The zero-order valence-electron chi connectivity index (χ0n) is 14.5. The second-order valence-corrected chi connectivity index (χ2v) is 6.73. The van der Waals surface area contributed by atoms with Gasteiger partial charge >= 0.3 is 5.97 Å². The monoisotopic (exact) mass is 314 g/mol. The highest BCUT2D eigenvalue weighted by atomic mass is 16.5. The molecule has 1 aliphatic rings. The maximum atomic E-state index is 12.2. The maximum Gasteiger partial charge on any atom is 0.343 e. The summed E-state index contributed by atoms with van der Waals surface area (Å²) in [5, 5.41) is 0. The Hall–Kier alpha value is -2.03. The Bertz CT molecular complexity index is 597. The van der Waals surface area contributed by atoms with Crippen LogP contribution in [-0.2, 0) is 9.47 Å². The van der Waals surface area contributed by atoms with Crippen molar-refractivity contribution in [3.05, 3.63) is 59.6 Å². The number of rotatable bonds is 6. The molecule has 124 valence electrons. The molecule has 0 N–H and O–H groups in total. The van der Waals surface area contributed by atoms with Gasteiger partial charge in [0.05, 0.1) is 5.56 Å². The first-order chi connectivity index (χ1) is 10.9. The van der Waals surface area contributed by atoms with Gasteiger partial charge in [-0.25, -0.2) is 4.79 Å². The number of carbonyl (C=O) groups excluding carboxylic acids is 1. The summed E-state index contributed by atoms with van der Waals surface area (Å²) >= 11 is 0. The smallest absolute Gasteiger partial charge is 0.343 e. The topological polar surface area (TPSA) is 35.5 Å². The summed E-state index contributed by atoms with van der Waals surface area (Å²) in [4.78, 5) is 12.2. The summed E-state index contributed by atoms with van der Waals surface area (Å²) in [7, 11) is 0. The van der Waals surface area contributed by atoms with Crippen molar-refractivity contribution < 1.29 is 14.3 Å². The van der Waals surface area contributed by atoms with Gasteiger partial charge in [0.1, 0.15) is 17.1 Å². The fraction of sp³-hybridized carbons (Fsp3) is 0.450. The number of hydrogen-bond donors (Lipinski definition) is 0. The summed E-state index contributed by atoms with van der Waals surface area (Å²) in [6.07, 6.45) is 6.71. The summed E-state index contributed by atoms with van der Waals surface area (Å²) < 4.78 is 11.7. The van der Waals surface area contributed by atoms with E-state index in [-0.39, 0.29) is 17.5 Å². The van der Waals surface area contributed by atoms with E-state index in [1.54, 1.807) is 12.1 Å². The molecule has 1 aromatic carbocycles. The summed E-state index contributed by atoms with van der Waals surface area (Å²) in [6, 6.07) is 9.03. The molecule has 1 aromatic rings. The molecule has 3 heteroatoms. The molecular weight excluding hydrogens is 288 g/mol. The van der Waals surface area contributed by atoms with Crippen molar-refractivity contribution in [3.63, 3.8) is 0 Å². The summed E-state index contributed by atoms with van der Waals surface area (Å²) in [5.74, 6) is 1.40. The highest BCUT2D eigenvalue weighted by Crippen LogP contribution is 2.29. The molecule has 2 rings (SSSR count). The van der Waals surface area contributed by atoms with Gasteiger partial charge in [0.25, 0.3) is 0 Å². The molecule has 0 fully saturated rings. The minimum absolute atomic E-state index is 0.202. The molecule has 0 saturated heterocycles. The zero-order chi connectivity index (χ0) is 16.9. The van der Waals surface area contributed by atoms with Crippen LogP contribution in [0.5, 0.6) is 0 Å². The van der Waals surface area contributed by atoms with E-state index in [4.69, 9.17) is 9.47 Å². The first kappa shape index (κ1) is 17.3. The third-order valence-corrected chi connectivity index (χ3v) is 3.75. The lowest BCUT2D eigenvalue weighted by Gasteiger charge is -2.30. The Labute approximate surface area is 139 Å². The molecule has 0 saturated carbocycles. The zero-order valence-corrected chi connectivity index (χ0v) is 14.5. The Morgan fingerprint density at radius 2 is 1.96 bits per heavy atom. The molecule has 0 spiro atoms. The average Bonchev–Trinajstić information content (AvgIpc) is 2.46. The van der Waals surface area contributed by atoms with E-state index in [0.29, 0.717) is 11.3 Å². The fourth-order valence-electron chi connectivity index (χ4n) is 2.81. The quantitative estimate of drug-likeness (QED) is 0.673. The van der Waals surface area contributed by atoms with Crippen molar-refractivity contribution in [2.24, 2.45) is 5.92 Å². The van der Waals surface area contributed by atoms with Crippen LogP contribution in [0, 0.1) is 5.92 Å². The van der Waals surface area contributed by atoms with Crippen LogP contribution >= 0.6 is 0 Å². The van der Waals surface area contributed by atoms with E-state index < -0.39 is 0 Å². The van der Waals surface area contributed by atoms with Gasteiger partial charge in [-0.15, -0.1) is 0 Å². The molecule has 1 atom stereocenters. The first-order valence-electron chi connectivity index (χ1n) is 8.28. The molecule has 3 nitrogen and oxygen atoms in total. The molecule has 0 bridgehead atoms. The van der Waals surface area contributed by atoms with Gasteiger partial charge in [-0.1, -0.05) is 38.5 Å². The fourth-order valence-corrected chi connectivity index (χ4v) is 2.81. The van der Waals surface area contributed by atoms with Crippen LogP contribution in [0.1, 0.15) is 57.3 Å². The van der Waals surface area contributed by atoms with E-state index in [1.807, 2.05) is 30.4 Å². The van der Waals surface area contributed by atoms with E-state index in [2.05, 4.69) is 27.7 Å². The molecule has 0 amide bonds. The SMILES string of the molecule is CCCC(C)(C)OC1=CC(OC(=O)c2ccccc2)=CC(C)C1. The molecule has 0 heterocycles. The van der Waals surface area contributed by atoms with E-state index in [0.717, 1.165) is 25.0 Å². The second kappa shape index (κ2) is 7.49. The predicted molar refractivity (Wildman–Crippen MR) is 91.9 cm³/mol. The third kappa shape index (κ3) is 5.27. The number of hydrogen-bond acceptors (Lipinski definition) is 3. The standard InChI is InChI=1S/C20H26O3/c1-5-11-20(3,4)23-18-13-15(2)12-17(14-18)22-19(21)16-9-7-6-8-10-16/h6-10,12,14-15H,5,11,13H2,1-4H3. The molecule has 0 aromatic heterocycles. The lowest BCUT2D eigenvalue weighted by Crippen LogP contribution is -2.25. The van der Waals surface area contributed by atoms with Crippen molar-refractivity contribution in [3.8, 4) is 0 Å². The van der Waals surface area contributed by atoms with Gasteiger partial charge < -0.3 is 9.47 Å². The molecule has 1 aliphatic carbocycles. The van der Waals surface area contributed by atoms with E-state index >= 15 is 0 Å². The largest absolute Gasteiger partial charge is 0.492 e. The third-order valence-electron chi connectivity index (χ3n) is 3.75. The highest BCUT2D eigenvalue weighted by molar-refractivity contribution is 5.90. The van der Waals surface area contributed by atoms with Crippen molar-refractivity contribution >= 4 is 5.97 Å². The summed E-state index contributed by atoms with van der Waals surface area (Å²) in [6.45, 7) is 8.43. The number of esters is 1. The predicted octanol–water partition coefficient (Wildman–Crippen LogP) is 5.25. The minimum Gasteiger partial charge on any atom is -0.492 e. The average molecular weight is 314 g/mol. The Kier molecular flexibility index (Phi) is 5.64. The molecular formula is C20H26O3. The maximum absolute atomic E-state index is 12.2. The van der Waals surface area contributed by atoms with Crippen LogP contribution in [-0.4, -0.2) is 11.6 Å². The number of ether oxygens (including phenoxy) is 2. The molecule has 0 aliphatic heterocycles. The van der Waals surface area contributed by atoms with Gasteiger partial charge in [0, 0.05) is 12.5 Å². The van der Waals surface area contributed by atoms with Crippen LogP contribution in [0.2, 0.25) is 0 Å². The minimum atomic E-state index is -0.339. The van der Waals surface area contributed by atoms with E-state index in [1.165, 1.54) is 0 Å². The van der Waals surface area contributed by atoms with Crippen LogP contribution in [0.4, 0.5) is 0 Å². The second-order valence-electron chi connectivity index (χ2n) is 6.73. The number of allylic oxidation sites excluding steroid dienone is 3. The van der Waals surface area contributed by atoms with Gasteiger partial charge in [-0.3, -0.25) is 0 Å². The van der Waals surface area contributed by atoms with Gasteiger partial charge in [-0.2, -0.15) is 0 Å². The highest BCUT2D eigenvalue weighted by Gasteiger charge is 2.23. The lowest BCUT2D eigenvalue weighted by atomic mass is 9.98. The first-order valence-corrected chi connectivity index (χ1v) is 8.28. The Morgan fingerprint density at radius 1 is 1.26 bits per heavy atom. The lowest BCUT2D eigenvalue weighted by molar-refractivity contribution is 0.0183. The molecule has 23 heavy (non-hydrogen) atoms. The molecule has 1 unspecified atom stereocenters. The molecule has 0 radical (unpaired) electrons.